The molecule has 1 aromatic heterocycles. The molecule has 0 atom stereocenters. The number of aromatic nitrogens is 2. The Morgan fingerprint density at radius 3 is 2.62 bits per heavy atom. The fourth-order valence-corrected chi connectivity index (χ4v) is 2.04. The van der Waals surface area contributed by atoms with Crippen molar-refractivity contribution in [2.75, 3.05) is 25.5 Å². The van der Waals surface area contributed by atoms with Gasteiger partial charge >= 0.3 is 5.69 Å². The summed E-state index contributed by atoms with van der Waals surface area (Å²) in [4.78, 5) is 20.5. The predicted octanol–water partition coefficient (Wildman–Crippen LogP) is 2.88. The molecule has 118 valence electrons. The summed E-state index contributed by atoms with van der Waals surface area (Å²) >= 11 is 5.75. The van der Waals surface area contributed by atoms with Gasteiger partial charge in [-0.1, -0.05) is 0 Å². The Hall–Kier alpha value is -1.47. The normalized spacial score (nSPS) is 11.2. The molecule has 0 saturated heterocycles. The second-order valence-corrected chi connectivity index (χ2v) is 5.58. The van der Waals surface area contributed by atoms with E-state index in [0.717, 1.165) is 19.4 Å². The molecule has 0 amide bonds. The number of hydrogen-bond acceptors (Lipinski definition) is 6. The summed E-state index contributed by atoms with van der Waals surface area (Å²) in [5, 5.41) is 14.0. The molecule has 0 spiro atoms. The Kier molecular flexibility index (Phi) is 6.77. The second-order valence-electron chi connectivity index (χ2n) is 5.24. The first kappa shape index (κ1) is 17.6. The van der Waals surface area contributed by atoms with E-state index in [1.165, 1.54) is 0 Å². The summed E-state index contributed by atoms with van der Waals surface area (Å²) in [6.45, 7) is 7.44. The number of nitrogens with one attached hydrogen (secondary N) is 1. The molecule has 21 heavy (non-hydrogen) atoms. The SMILES string of the molecule is Cc1nc(Cl)nc(NCCCCN(C)C(C)C)c1[N+](=O)[O-]. The summed E-state index contributed by atoms with van der Waals surface area (Å²) in [5.41, 5.74) is 0.153. The zero-order valence-corrected chi connectivity index (χ0v) is 13.6. The van der Waals surface area contributed by atoms with Crippen LogP contribution in [0.15, 0.2) is 0 Å². The van der Waals surface area contributed by atoms with Crippen molar-refractivity contribution >= 4 is 23.1 Å². The van der Waals surface area contributed by atoms with Crippen molar-refractivity contribution in [3.8, 4) is 0 Å². The van der Waals surface area contributed by atoms with Gasteiger partial charge in [0.15, 0.2) is 0 Å². The molecule has 0 aliphatic rings. The monoisotopic (exact) mass is 315 g/mol. The summed E-state index contributed by atoms with van der Waals surface area (Å²) in [5.74, 6) is 0.190. The Balaban J connectivity index is 2.54. The third-order valence-corrected chi connectivity index (χ3v) is 3.49. The maximum Gasteiger partial charge on any atom is 0.332 e. The highest BCUT2D eigenvalue weighted by Crippen LogP contribution is 2.26. The van der Waals surface area contributed by atoms with Gasteiger partial charge in [-0.3, -0.25) is 10.1 Å². The third-order valence-electron chi connectivity index (χ3n) is 3.33. The van der Waals surface area contributed by atoms with E-state index in [1.807, 2.05) is 0 Å². The standard InChI is InChI=1S/C13H22ClN5O2/c1-9(2)18(4)8-6-5-7-15-12-11(19(20)21)10(3)16-13(14)17-12/h9H,5-8H2,1-4H3,(H,15,16,17). The molecule has 1 N–H and O–H groups in total. The molecule has 0 aliphatic carbocycles. The molecule has 1 rings (SSSR count). The number of halogens is 1. The summed E-state index contributed by atoms with van der Waals surface area (Å²) < 4.78 is 0. The second kappa shape index (κ2) is 8.09. The lowest BCUT2D eigenvalue weighted by Gasteiger charge is -2.20. The summed E-state index contributed by atoms with van der Waals surface area (Å²) in [7, 11) is 2.08. The number of hydrogen-bond donors (Lipinski definition) is 1. The van der Waals surface area contributed by atoms with Crippen LogP contribution in [0.5, 0.6) is 0 Å². The van der Waals surface area contributed by atoms with E-state index >= 15 is 0 Å². The first-order valence-corrected chi connectivity index (χ1v) is 7.33. The van der Waals surface area contributed by atoms with Crippen LogP contribution in [-0.2, 0) is 0 Å². The van der Waals surface area contributed by atoms with Crippen LogP contribution in [0.1, 0.15) is 32.4 Å². The number of rotatable bonds is 8. The molecule has 0 aromatic carbocycles. The van der Waals surface area contributed by atoms with Crippen LogP contribution in [0.2, 0.25) is 5.28 Å². The Labute approximate surface area is 129 Å². The molecule has 0 unspecified atom stereocenters. The highest BCUT2D eigenvalue weighted by atomic mass is 35.5. The van der Waals surface area contributed by atoms with Gasteiger partial charge in [-0.05, 0) is 58.8 Å². The largest absolute Gasteiger partial charge is 0.364 e. The van der Waals surface area contributed by atoms with Crippen LogP contribution in [0, 0.1) is 17.0 Å². The minimum Gasteiger partial charge on any atom is -0.364 e. The number of nitro groups is 1. The van der Waals surface area contributed by atoms with Crippen molar-refractivity contribution in [2.24, 2.45) is 0 Å². The average Bonchev–Trinajstić information content (AvgIpc) is 2.36. The van der Waals surface area contributed by atoms with E-state index in [4.69, 9.17) is 11.6 Å². The highest BCUT2D eigenvalue weighted by molar-refractivity contribution is 6.28. The Morgan fingerprint density at radius 1 is 1.38 bits per heavy atom. The maximum absolute atomic E-state index is 11.0. The number of aryl methyl sites for hydroxylation is 1. The van der Waals surface area contributed by atoms with Crippen LogP contribution in [-0.4, -0.2) is 46.0 Å². The fraction of sp³-hybridized carbons (Fsp3) is 0.692. The van der Waals surface area contributed by atoms with Gasteiger partial charge in [0.05, 0.1) is 4.92 Å². The molecule has 1 heterocycles. The average molecular weight is 316 g/mol. The molecular weight excluding hydrogens is 294 g/mol. The number of unbranched alkanes of at least 4 members (excludes halogenated alkanes) is 1. The summed E-state index contributed by atoms with van der Waals surface area (Å²) in [6, 6.07) is 0.516. The lowest BCUT2D eigenvalue weighted by Crippen LogP contribution is -2.27. The molecule has 0 fully saturated rings. The highest BCUT2D eigenvalue weighted by Gasteiger charge is 2.21. The van der Waals surface area contributed by atoms with Gasteiger partial charge in [0, 0.05) is 12.6 Å². The first-order chi connectivity index (χ1) is 9.82. The van der Waals surface area contributed by atoms with Gasteiger partial charge in [-0.25, -0.2) is 4.98 Å². The van der Waals surface area contributed by atoms with Gasteiger partial charge in [-0.15, -0.1) is 0 Å². The number of nitrogens with zero attached hydrogens (tertiary/aromatic N) is 4. The quantitative estimate of drug-likeness (QED) is 0.344. The maximum atomic E-state index is 11.0. The van der Waals surface area contributed by atoms with Crippen LogP contribution >= 0.6 is 11.6 Å². The van der Waals surface area contributed by atoms with E-state index in [1.54, 1.807) is 6.92 Å². The van der Waals surface area contributed by atoms with Gasteiger partial charge in [0.1, 0.15) is 5.69 Å². The van der Waals surface area contributed by atoms with E-state index in [-0.39, 0.29) is 22.5 Å². The Bertz CT molecular complexity index is 496. The van der Waals surface area contributed by atoms with E-state index in [9.17, 15) is 10.1 Å². The molecule has 0 aliphatic heterocycles. The minimum absolute atomic E-state index is 0.0140. The van der Waals surface area contributed by atoms with Crippen molar-refractivity contribution in [1.82, 2.24) is 14.9 Å². The molecule has 8 heteroatoms. The molecule has 0 saturated carbocycles. The summed E-state index contributed by atoms with van der Waals surface area (Å²) in [6.07, 6.45) is 1.90. The molecule has 1 aromatic rings. The van der Waals surface area contributed by atoms with Crippen LogP contribution in [0.4, 0.5) is 11.5 Å². The predicted molar refractivity (Wildman–Crippen MR) is 83.9 cm³/mol. The van der Waals surface area contributed by atoms with Crippen molar-refractivity contribution in [1.29, 1.82) is 0 Å². The van der Waals surface area contributed by atoms with Crippen molar-refractivity contribution < 1.29 is 4.92 Å². The Morgan fingerprint density at radius 2 is 2.05 bits per heavy atom. The van der Waals surface area contributed by atoms with Gasteiger partial charge in [0.25, 0.3) is 0 Å². The lowest BCUT2D eigenvalue weighted by atomic mass is 10.2. The molecular formula is C13H22ClN5O2. The molecule has 0 bridgehead atoms. The van der Waals surface area contributed by atoms with Crippen LogP contribution < -0.4 is 5.32 Å². The molecule has 0 radical (unpaired) electrons. The zero-order chi connectivity index (χ0) is 16.0. The first-order valence-electron chi connectivity index (χ1n) is 6.95. The van der Waals surface area contributed by atoms with E-state index < -0.39 is 4.92 Å². The van der Waals surface area contributed by atoms with Crippen molar-refractivity contribution in [2.45, 2.75) is 39.7 Å². The van der Waals surface area contributed by atoms with Crippen LogP contribution in [0.3, 0.4) is 0 Å². The number of anilines is 1. The molecule has 7 nitrogen and oxygen atoms in total. The smallest absolute Gasteiger partial charge is 0.332 e. The van der Waals surface area contributed by atoms with Gasteiger partial charge in [0.2, 0.25) is 11.1 Å². The fourth-order valence-electron chi connectivity index (χ4n) is 1.83. The van der Waals surface area contributed by atoms with Gasteiger partial charge < -0.3 is 10.2 Å². The zero-order valence-electron chi connectivity index (χ0n) is 12.9. The van der Waals surface area contributed by atoms with Crippen molar-refractivity contribution in [3.05, 3.63) is 21.1 Å². The van der Waals surface area contributed by atoms with Crippen LogP contribution in [0.25, 0.3) is 0 Å². The van der Waals surface area contributed by atoms with E-state index in [0.29, 0.717) is 12.6 Å². The van der Waals surface area contributed by atoms with Gasteiger partial charge in [-0.2, -0.15) is 4.98 Å². The third kappa shape index (κ3) is 5.43. The van der Waals surface area contributed by atoms with E-state index in [2.05, 4.69) is 41.1 Å². The minimum atomic E-state index is -0.486. The topological polar surface area (TPSA) is 84.2 Å². The lowest BCUT2D eigenvalue weighted by molar-refractivity contribution is -0.385. The van der Waals surface area contributed by atoms with Crippen molar-refractivity contribution in [3.63, 3.8) is 0 Å².